The Morgan fingerprint density at radius 3 is 3.00 bits per heavy atom. The summed E-state index contributed by atoms with van der Waals surface area (Å²) in [5.74, 6) is 1.63. The Kier molecular flexibility index (Phi) is 4.57. The van der Waals surface area contributed by atoms with Crippen LogP contribution in [0, 0.1) is 0 Å². The molecule has 0 aromatic carbocycles. The Morgan fingerprint density at radius 1 is 1.37 bits per heavy atom. The number of nitrogens with two attached hydrogens (primary N) is 1. The molecule has 0 unspecified atom stereocenters. The van der Waals surface area contributed by atoms with Gasteiger partial charge in [0, 0.05) is 18.9 Å². The van der Waals surface area contributed by atoms with Crippen molar-refractivity contribution >= 4 is 11.6 Å². The van der Waals surface area contributed by atoms with Gasteiger partial charge in [0.2, 0.25) is 0 Å². The van der Waals surface area contributed by atoms with E-state index in [4.69, 9.17) is 10.5 Å². The molecule has 3 N–H and O–H groups in total. The van der Waals surface area contributed by atoms with Gasteiger partial charge in [-0.2, -0.15) is 0 Å². The summed E-state index contributed by atoms with van der Waals surface area (Å²) in [5, 5.41) is 3.14. The van der Waals surface area contributed by atoms with Crippen molar-refractivity contribution in [3.8, 4) is 0 Å². The maximum absolute atomic E-state index is 5.73. The van der Waals surface area contributed by atoms with Crippen LogP contribution < -0.4 is 11.1 Å². The van der Waals surface area contributed by atoms with E-state index in [2.05, 4.69) is 25.3 Å². The molecule has 19 heavy (non-hydrogen) atoms. The molecule has 0 bridgehead atoms. The van der Waals surface area contributed by atoms with Crippen molar-refractivity contribution in [3.05, 3.63) is 36.2 Å². The Morgan fingerprint density at radius 2 is 2.26 bits per heavy atom. The summed E-state index contributed by atoms with van der Waals surface area (Å²) in [6.07, 6.45) is 3.20. The van der Waals surface area contributed by atoms with Gasteiger partial charge in [0.15, 0.2) is 5.82 Å². The van der Waals surface area contributed by atoms with E-state index in [1.165, 1.54) is 6.33 Å². The van der Waals surface area contributed by atoms with Gasteiger partial charge >= 0.3 is 0 Å². The van der Waals surface area contributed by atoms with E-state index in [9.17, 15) is 0 Å². The number of hydrogen-bond donors (Lipinski definition) is 2. The minimum atomic E-state index is 0.351. The Hall–Kier alpha value is -2.28. The number of nitrogens with zero attached hydrogens (tertiary/aromatic N) is 4. The highest BCUT2D eigenvalue weighted by molar-refractivity contribution is 5.44. The SMILES string of the molecule is CCOCc1nc(N)cc(NCc2ccncn2)n1. The lowest BCUT2D eigenvalue weighted by Crippen LogP contribution is -2.08. The normalized spacial score (nSPS) is 10.4. The quantitative estimate of drug-likeness (QED) is 0.799. The monoisotopic (exact) mass is 260 g/mol. The van der Waals surface area contributed by atoms with E-state index < -0.39 is 0 Å². The van der Waals surface area contributed by atoms with Gasteiger partial charge in [-0.1, -0.05) is 0 Å². The van der Waals surface area contributed by atoms with Crippen LogP contribution in [0.1, 0.15) is 18.4 Å². The van der Waals surface area contributed by atoms with Gasteiger partial charge in [-0.3, -0.25) is 0 Å². The number of aromatic nitrogens is 4. The molecule has 0 saturated heterocycles. The Bertz CT molecular complexity index is 519. The van der Waals surface area contributed by atoms with Gasteiger partial charge in [0.25, 0.3) is 0 Å². The van der Waals surface area contributed by atoms with Crippen molar-refractivity contribution in [3.63, 3.8) is 0 Å². The van der Waals surface area contributed by atoms with Gasteiger partial charge in [-0.25, -0.2) is 19.9 Å². The second kappa shape index (κ2) is 6.60. The first-order chi connectivity index (χ1) is 9.28. The topological polar surface area (TPSA) is 98.8 Å². The highest BCUT2D eigenvalue weighted by Crippen LogP contribution is 2.10. The molecule has 0 radical (unpaired) electrons. The van der Waals surface area contributed by atoms with Crippen molar-refractivity contribution in [2.75, 3.05) is 17.7 Å². The van der Waals surface area contributed by atoms with Crippen LogP contribution >= 0.6 is 0 Å². The van der Waals surface area contributed by atoms with Gasteiger partial charge in [-0.05, 0) is 13.0 Å². The average molecular weight is 260 g/mol. The minimum absolute atomic E-state index is 0.351. The molecular formula is C12H16N6O. The molecule has 2 heterocycles. The predicted molar refractivity (Wildman–Crippen MR) is 71.1 cm³/mol. The third kappa shape index (κ3) is 4.14. The van der Waals surface area contributed by atoms with E-state index in [-0.39, 0.29) is 0 Å². The van der Waals surface area contributed by atoms with Gasteiger partial charge in [0.05, 0.1) is 12.2 Å². The molecule has 0 spiro atoms. The number of ether oxygens (including phenoxy) is 1. The fourth-order valence-electron chi connectivity index (χ4n) is 1.47. The fourth-order valence-corrected chi connectivity index (χ4v) is 1.47. The first-order valence-electron chi connectivity index (χ1n) is 5.98. The van der Waals surface area contributed by atoms with Crippen LogP contribution in [-0.4, -0.2) is 26.5 Å². The zero-order chi connectivity index (χ0) is 13.5. The molecule has 0 saturated carbocycles. The molecule has 0 fully saturated rings. The van der Waals surface area contributed by atoms with Crippen molar-refractivity contribution in [1.29, 1.82) is 0 Å². The highest BCUT2D eigenvalue weighted by atomic mass is 16.5. The molecule has 0 aliphatic rings. The number of nitrogens with one attached hydrogen (secondary N) is 1. The van der Waals surface area contributed by atoms with E-state index >= 15 is 0 Å². The summed E-state index contributed by atoms with van der Waals surface area (Å²) >= 11 is 0. The molecule has 0 atom stereocenters. The number of hydrogen-bond acceptors (Lipinski definition) is 7. The second-order valence-corrected chi connectivity index (χ2v) is 3.79. The van der Waals surface area contributed by atoms with E-state index in [1.54, 1.807) is 12.3 Å². The summed E-state index contributed by atoms with van der Waals surface area (Å²) in [7, 11) is 0. The molecule has 0 amide bonds. The summed E-state index contributed by atoms with van der Waals surface area (Å²) in [5.41, 5.74) is 6.60. The fraction of sp³-hybridized carbons (Fsp3) is 0.333. The molecule has 100 valence electrons. The van der Waals surface area contributed by atoms with Crippen molar-refractivity contribution < 1.29 is 4.74 Å². The first kappa shape index (κ1) is 13.2. The van der Waals surface area contributed by atoms with Crippen molar-refractivity contribution in [2.24, 2.45) is 0 Å². The first-order valence-corrected chi connectivity index (χ1v) is 5.98. The summed E-state index contributed by atoms with van der Waals surface area (Å²) in [6, 6.07) is 3.51. The van der Waals surface area contributed by atoms with Crippen LogP contribution in [0.25, 0.3) is 0 Å². The van der Waals surface area contributed by atoms with Gasteiger partial charge < -0.3 is 15.8 Å². The van der Waals surface area contributed by atoms with Crippen LogP contribution in [0.15, 0.2) is 24.7 Å². The molecule has 0 aliphatic carbocycles. The maximum atomic E-state index is 5.73. The van der Waals surface area contributed by atoms with E-state index in [0.717, 1.165) is 5.69 Å². The van der Waals surface area contributed by atoms with Crippen LogP contribution in [-0.2, 0) is 17.9 Å². The molecule has 2 aromatic heterocycles. The lowest BCUT2D eigenvalue weighted by molar-refractivity contribution is 0.128. The lowest BCUT2D eigenvalue weighted by Gasteiger charge is -2.08. The number of nitrogen functional groups attached to an aromatic ring is 1. The largest absolute Gasteiger partial charge is 0.384 e. The van der Waals surface area contributed by atoms with Gasteiger partial charge in [0.1, 0.15) is 24.6 Å². The number of rotatable bonds is 6. The van der Waals surface area contributed by atoms with Crippen LogP contribution in [0.2, 0.25) is 0 Å². The zero-order valence-corrected chi connectivity index (χ0v) is 10.7. The zero-order valence-electron chi connectivity index (χ0n) is 10.7. The van der Waals surface area contributed by atoms with Crippen LogP contribution in [0.3, 0.4) is 0 Å². The smallest absolute Gasteiger partial charge is 0.158 e. The summed E-state index contributed by atoms with van der Waals surface area (Å²) in [6.45, 7) is 3.43. The van der Waals surface area contributed by atoms with E-state index in [1.807, 2.05) is 13.0 Å². The van der Waals surface area contributed by atoms with Crippen LogP contribution in [0.4, 0.5) is 11.6 Å². The maximum Gasteiger partial charge on any atom is 0.158 e. The average Bonchev–Trinajstić information content (AvgIpc) is 2.43. The molecule has 7 nitrogen and oxygen atoms in total. The van der Waals surface area contributed by atoms with Crippen LogP contribution in [0.5, 0.6) is 0 Å². The Balaban J connectivity index is 2.01. The molecule has 7 heteroatoms. The Labute approximate surface area is 111 Å². The molecule has 0 aliphatic heterocycles. The van der Waals surface area contributed by atoms with Crippen molar-refractivity contribution in [2.45, 2.75) is 20.1 Å². The third-order valence-corrected chi connectivity index (χ3v) is 2.32. The minimum Gasteiger partial charge on any atom is -0.384 e. The standard InChI is InChI=1S/C12H16N6O/c1-2-19-7-12-17-10(13)5-11(18-12)15-6-9-3-4-14-8-16-9/h3-5,8H,2,6-7H2,1H3,(H3,13,15,17,18). The molecule has 2 aromatic rings. The third-order valence-electron chi connectivity index (χ3n) is 2.32. The summed E-state index contributed by atoms with van der Waals surface area (Å²) < 4.78 is 5.26. The molecule has 2 rings (SSSR count). The predicted octanol–water partition coefficient (Wildman–Crippen LogP) is 0.997. The van der Waals surface area contributed by atoms with Gasteiger partial charge in [-0.15, -0.1) is 0 Å². The molecular weight excluding hydrogens is 244 g/mol. The van der Waals surface area contributed by atoms with E-state index in [0.29, 0.717) is 37.2 Å². The van der Waals surface area contributed by atoms with Crippen molar-refractivity contribution in [1.82, 2.24) is 19.9 Å². The number of anilines is 2. The second-order valence-electron chi connectivity index (χ2n) is 3.79. The lowest BCUT2D eigenvalue weighted by atomic mass is 10.4. The highest BCUT2D eigenvalue weighted by Gasteiger charge is 2.03. The summed E-state index contributed by atoms with van der Waals surface area (Å²) in [4.78, 5) is 16.4.